The molecule has 0 aliphatic heterocycles. The van der Waals surface area contributed by atoms with Crippen molar-refractivity contribution in [1.82, 2.24) is 0 Å². The quantitative estimate of drug-likeness (QED) is 0.417. The van der Waals surface area contributed by atoms with Gasteiger partial charge in [-0.15, -0.1) is 0 Å². The van der Waals surface area contributed by atoms with Gasteiger partial charge in [0, 0.05) is 0 Å². The van der Waals surface area contributed by atoms with E-state index in [4.69, 9.17) is 4.74 Å². The van der Waals surface area contributed by atoms with Crippen LogP contribution in [0.5, 0.6) is 11.5 Å². The van der Waals surface area contributed by atoms with E-state index in [0.717, 1.165) is 11.5 Å². The van der Waals surface area contributed by atoms with Crippen LogP contribution in [0.25, 0.3) is 0 Å². The van der Waals surface area contributed by atoms with Gasteiger partial charge in [-0.25, -0.2) is 0 Å². The average Bonchev–Trinajstić information content (AvgIpc) is 2.60. The first-order chi connectivity index (χ1) is 11.3. The van der Waals surface area contributed by atoms with Crippen LogP contribution >= 0.6 is 0 Å². The largest absolute Gasteiger partial charge is 0.457 e. The van der Waals surface area contributed by atoms with Gasteiger partial charge in [0.1, 0.15) is 11.5 Å². The second-order valence-electron chi connectivity index (χ2n) is 6.32. The molecular formula is C22H30O. The third kappa shape index (κ3) is 6.09. The van der Waals surface area contributed by atoms with Crippen LogP contribution in [0.1, 0.15) is 70.3 Å². The van der Waals surface area contributed by atoms with Crippen molar-refractivity contribution in [2.75, 3.05) is 0 Å². The molecule has 0 aliphatic rings. The van der Waals surface area contributed by atoms with Gasteiger partial charge in [0.15, 0.2) is 0 Å². The van der Waals surface area contributed by atoms with Gasteiger partial charge < -0.3 is 4.74 Å². The third-order valence-corrected chi connectivity index (χ3v) is 4.39. The van der Waals surface area contributed by atoms with E-state index in [1.165, 1.54) is 50.5 Å². The number of unbranched alkanes of at least 4 members (excludes halogenated alkanes) is 3. The first-order valence-corrected chi connectivity index (χ1v) is 9.16. The molecule has 23 heavy (non-hydrogen) atoms. The summed E-state index contributed by atoms with van der Waals surface area (Å²) < 4.78 is 5.89. The fraction of sp³-hybridized carbons (Fsp3) is 0.455. The van der Waals surface area contributed by atoms with Gasteiger partial charge in [-0.05, 0) is 48.6 Å². The van der Waals surface area contributed by atoms with Gasteiger partial charge >= 0.3 is 0 Å². The Kier molecular flexibility index (Phi) is 7.72. The highest BCUT2D eigenvalue weighted by atomic mass is 16.5. The molecule has 0 aliphatic carbocycles. The Bertz CT molecular complexity index is 530. The van der Waals surface area contributed by atoms with Crippen molar-refractivity contribution in [1.29, 1.82) is 0 Å². The maximum atomic E-state index is 5.89. The second-order valence-corrected chi connectivity index (χ2v) is 6.32. The standard InChI is InChI=1S/C22H30O/c1-3-5-8-12-19(11-6-4-2)20-15-17-22(18-16-20)23-21-13-9-7-10-14-21/h7,9-10,13-19H,3-6,8,11-12H2,1-2H3. The maximum absolute atomic E-state index is 5.89. The van der Waals surface area contributed by atoms with Gasteiger partial charge in [0.05, 0.1) is 0 Å². The van der Waals surface area contributed by atoms with Gasteiger partial charge in [-0.2, -0.15) is 0 Å². The smallest absolute Gasteiger partial charge is 0.127 e. The topological polar surface area (TPSA) is 9.23 Å². The zero-order valence-electron chi connectivity index (χ0n) is 14.6. The van der Waals surface area contributed by atoms with Crippen molar-refractivity contribution in [3.8, 4) is 11.5 Å². The molecule has 0 fully saturated rings. The number of rotatable bonds is 10. The van der Waals surface area contributed by atoms with E-state index < -0.39 is 0 Å². The molecule has 0 saturated heterocycles. The maximum Gasteiger partial charge on any atom is 0.127 e. The summed E-state index contributed by atoms with van der Waals surface area (Å²) in [6.07, 6.45) is 9.19. The van der Waals surface area contributed by atoms with E-state index in [1.54, 1.807) is 0 Å². The summed E-state index contributed by atoms with van der Waals surface area (Å²) in [4.78, 5) is 0. The molecule has 1 atom stereocenters. The van der Waals surface area contributed by atoms with E-state index in [2.05, 4.69) is 38.1 Å². The Morgan fingerprint density at radius 2 is 1.30 bits per heavy atom. The lowest BCUT2D eigenvalue weighted by atomic mass is 9.89. The summed E-state index contributed by atoms with van der Waals surface area (Å²) in [5, 5.41) is 0. The van der Waals surface area contributed by atoms with Crippen molar-refractivity contribution in [2.45, 2.75) is 64.7 Å². The predicted molar refractivity (Wildman–Crippen MR) is 99.4 cm³/mol. The van der Waals surface area contributed by atoms with Crippen LogP contribution in [0, 0.1) is 0 Å². The predicted octanol–water partition coefficient (Wildman–Crippen LogP) is 7.33. The van der Waals surface area contributed by atoms with Crippen LogP contribution in [0.3, 0.4) is 0 Å². The molecule has 0 bridgehead atoms. The van der Waals surface area contributed by atoms with Crippen LogP contribution in [0.2, 0.25) is 0 Å². The van der Waals surface area contributed by atoms with Crippen molar-refractivity contribution in [2.24, 2.45) is 0 Å². The normalized spacial score (nSPS) is 12.1. The van der Waals surface area contributed by atoms with Crippen LogP contribution in [-0.4, -0.2) is 0 Å². The van der Waals surface area contributed by atoms with Crippen molar-refractivity contribution in [3.05, 3.63) is 60.2 Å². The molecule has 2 rings (SSSR count). The Morgan fingerprint density at radius 1 is 0.696 bits per heavy atom. The molecule has 0 spiro atoms. The summed E-state index contributed by atoms with van der Waals surface area (Å²) in [6, 6.07) is 18.7. The highest BCUT2D eigenvalue weighted by Gasteiger charge is 2.11. The van der Waals surface area contributed by atoms with E-state index in [9.17, 15) is 0 Å². The van der Waals surface area contributed by atoms with E-state index >= 15 is 0 Å². The second kappa shape index (κ2) is 10.1. The van der Waals surface area contributed by atoms with E-state index in [-0.39, 0.29) is 0 Å². The summed E-state index contributed by atoms with van der Waals surface area (Å²) in [5.74, 6) is 2.51. The molecule has 2 aromatic rings. The lowest BCUT2D eigenvalue weighted by Crippen LogP contribution is -1.99. The van der Waals surface area contributed by atoms with Gasteiger partial charge in [-0.3, -0.25) is 0 Å². The zero-order chi connectivity index (χ0) is 16.3. The molecule has 0 aromatic heterocycles. The van der Waals surface area contributed by atoms with Gasteiger partial charge in [-0.1, -0.05) is 76.3 Å². The van der Waals surface area contributed by atoms with Crippen molar-refractivity contribution < 1.29 is 4.74 Å². The number of hydrogen-bond acceptors (Lipinski definition) is 1. The molecule has 1 unspecified atom stereocenters. The molecule has 0 saturated carbocycles. The summed E-state index contributed by atoms with van der Waals surface area (Å²) >= 11 is 0. The van der Waals surface area contributed by atoms with Gasteiger partial charge in [0.2, 0.25) is 0 Å². The zero-order valence-corrected chi connectivity index (χ0v) is 14.6. The van der Waals surface area contributed by atoms with Crippen molar-refractivity contribution in [3.63, 3.8) is 0 Å². The lowest BCUT2D eigenvalue weighted by molar-refractivity contribution is 0.480. The Balaban J connectivity index is 1.99. The Hall–Kier alpha value is -1.76. The average molecular weight is 310 g/mol. The summed E-state index contributed by atoms with van der Waals surface area (Å²) in [7, 11) is 0. The first-order valence-electron chi connectivity index (χ1n) is 9.16. The molecule has 0 heterocycles. The highest BCUT2D eigenvalue weighted by Crippen LogP contribution is 2.30. The number of ether oxygens (including phenoxy) is 1. The minimum Gasteiger partial charge on any atom is -0.457 e. The number of hydrogen-bond donors (Lipinski definition) is 0. The van der Waals surface area contributed by atoms with E-state index in [1.807, 2.05) is 30.3 Å². The molecule has 0 radical (unpaired) electrons. The number of para-hydroxylation sites is 1. The van der Waals surface area contributed by atoms with Crippen LogP contribution in [0.15, 0.2) is 54.6 Å². The fourth-order valence-electron chi connectivity index (χ4n) is 3.00. The monoisotopic (exact) mass is 310 g/mol. The molecule has 0 N–H and O–H groups in total. The SMILES string of the molecule is CCCCCC(CCCC)c1ccc(Oc2ccccc2)cc1. The van der Waals surface area contributed by atoms with Crippen LogP contribution < -0.4 is 4.74 Å². The third-order valence-electron chi connectivity index (χ3n) is 4.39. The summed E-state index contributed by atoms with van der Waals surface area (Å²) in [5.41, 5.74) is 1.47. The molecular weight excluding hydrogens is 280 g/mol. The number of benzene rings is 2. The minimum absolute atomic E-state index is 0.701. The van der Waals surface area contributed by atoms with Crippen LogP contribution in [-0.2, 0) is 0 Å². The molecule has 2 aromatic carbocycles. The molecule has 124 valence electrons. The summed E-state index contributed by atoms with van der Waals surface area (Å²) in [6.45, 7) is 4.55. The Morgan fingerprint density at radius 3 is 1.96 bits per heavy atom. The lowest BCUT2D eigenvalue weighted by Gasteiger charge is -2.17. The van der Waals surface area contributed by atoms with Crippen LogP contribution in [0.4, 0.5) is 0 Å². The molecule has 1 heteroatoms. The highest BCUT2D eigenvalue weighted by molar-refractivity contribution is 5.34. The van der Waals surface area contributed by atoms with Gasteiger partial charge in [0.25, 0.3) is 0 Å². The minimum atomic E-state index is 0.701. The van der Waals surface area contributed by atoms with Crippen molar-refractivity contribution >= 4 is 0 Å². The Labute approximate surface area is 141 Å². The molecule has 1 nitrogen and oxygen atoms in total. The van der Waals surface area contributed by atoms with E-state index in [0.29, 0.717) is 5.92 Å². The first kappa shape index (κ1) is 17.6. The fourth-order valence-corrected chi connectivity index (χ4v) is 3.00. The molecule has 0 amide bonds.